The van der Waals surface area contributed by atoms with Crippen LogP contribution in [0.15, 0.2) is 0 Å². The zero-order chi connectivity index (χ0) is 12.9. The van der Waals surface area contributed by atoms with Crippen LogP contribution < -0.4 is 0 Å². The zero-order valence-electron chi connectivity index (χ0n) is 10.3. The number of hydrogen-bond donors (Lipinski definition) is 0. The molecule has 0 amide bonds. The molecule has 3 saturated carbocycles. The average molecular weight is 289 g/mol. The number of halogens is 2. The molecular formula is C14H18Cl2O2. The molecule has 0 heterocycles. The fraction of sp³-hybridized carbons (Fsp3) is 0.857. The van der Waals surface area contributed by atoms with Crippen molar-refractivity contribution >= 4 is 34.8 Å². The Kier molecular flexibility index (Phi) is 3.44. The van der Waals surface area contributed by atoms with E-state index in [1.54, 1.807) is 0 Å². The Bertz CT molecular complexity index is 346. The van der Waals surface area contributed by atoms with Gasteiger partial charge in [-0.25, -0.2) is 0 Å². The van der Waals surface area contributed by atoms with Gasteiger partial charge in [0.15, 0.2) is 0 Å². The van der Waals surface area contributed by atoms with Crippen LogP contribution in [0, 0.1) is 23.7 Å². The first-order valence-corrected chi connectivity index (χ1v) is 7.84. The van der Waals surface area contributed by atoms with Crippen molar-refractivity contribution in [1.82, 2.24) is 0 Å². The first kappa shape index (κ1) is 12.9. The summed E-state index contributed by atoms with van der Waals surface area (Å²) in [6.45, 7) is 0. The van der Waals surface area contributed by atoms with Crippen LogP contribution in [0.2, 0.25) is 0 Å². The Hall–Kier alpha value is -0.0800. The van der Waals surface area contributed by atoms with E-state index in [1.165, 1.54) is 0 Å². The van der Waals surface area contributed by atoms with E-state index >= 15 is 0 Å². The molecule has 0 aliphatic heterocycles. The maximum Gasteiger partial charge on any atom is 0.142 e. The number of ketones is 2. The number of fused-ring (bicyclic) bond motifs is 2. The van der Waals surface area contributed by atoms with E-state index in [9.17, 15) is 9.59 Å². The van der Waals surface area contributed by atoms with E-state index in [0.717, 1.165) is 38.5 Å². The molecule has 6 atom stereocenters. The molecule has 100 valence electrons. The second kappa shape index (κ2) is 4.79. The van der Waals surface area contributed by atoms with Crippen LogP contribution in [-0.2, 0) is 9.59 Å². The van der Waals surface area contributed by atoms with Gasteiger partial charge in [0.05, 0.1) is 0 Å². The summed E-state index contributed by atoms with van der Waals surface area (Å²) in [4.78, 5) is 25.2. The first-order chi connectivity index (χ1) is 8.61. The van der Waals surface area contributed by atoms with Gasteiger partial charge < -0.3 is 0 Å². The largest absolute Gasteiger partial charge is 0.299 e. The second-order valence-corrected chi connectivity index (χ2v) is 7.08. The van der Waals surface area contributed by atoms with Gasteiger partial charge in [-0.3, -0.25) is 9.59 Å². The molecule has 2 nitrogen and oxygen atoms in total. The smallest absolute Gasteiger partial charge is 0.142 e. The number of Topliss-reactive ketones (excluding diaryl/α,β-unsaturated/α-hetero) is 2. The SMILES string of the molecule is O=C1C2CCCC(Cl)C2C(=O)C2CCCC(Cl)C12. The molecule has 3 aliphatic rings. The highest BCUT2D eigenvalue weighted by atomic mass is 35.5. The van der Waals surface area contributed by atoms with Crippen LogP contribution in [0.4, 0.5) is 0 Å². The Morgan fingerprint density at radius 3 is 1.50 bits per heavy atom. The van der Waals surface area contributed by atoms with E-state index < -0.39 is 0 Å². The van der Waals surface area contributed by atoms with Crippen molar-refractivity contribution in [2.45, 2.75) is 49.3 Å². The standard InChI is InChI=1S/C14H18Cl2O2/c15-9-5-1-3-7-11(9)14(18)8-4-2-6-10(16)12(8)13(7)17/h7-12H,1-6H2. The highest BCUT2D eigenvalue weighted by molar-refractivity contribution is 6.25. The van der Waals surface area contributed by atoms with Gasteiger partial charge in [0.1, 0.15) is 11.6 Å². The van der Waals surface area contributed by atoms with Crippen LogP contribution in [0.25, 0.3) is 0 Å². The van der Waals surface area contributed by atoms with E-state index in [-0.39, 0.29) is 46.0 Å². The van der Waals surface area contributed by atoms with Crippen molar-refractivity contribution < 1.29 is 9.59 Å². The van der Waals surface area contributed by atoms with Gasteiger partial charge in [-0.05, 0) is 25.7 Å². The summed E-state index contributed by atoms with van der Waals surface area (Å²) in [5.41, 5.74) is 0. The molecule has 0 radical (unpaired) electrons. The summed E-state index contributed by atoms with van der Waals surface area (Å²) in [5, 5.41) is -0.284. The van der Waals surface area contributed by atoms with Gasteiger partial charge in [-0.1, -0.05) is 12.8 Å². The minimum Gasteiger partial charge on any atom is -0.299 e. The van der Waals surface area contributed by atoms with Crippen LogP contribution in [-0.4, -0.2) is 22.3 Å². The zero-order valence-corrected chi connectivity index (χ0v) is 11.8. The lowest BCUT2D eigenvalue weighted by atomic mass is 9.58. The van der Waals surface area contributed by atoms with E-state index in [0.29, 0.717) is 0 Å². The normalized spacial score (nSPS) is 48.6. The number of rotatable bonds is 0. The maximum absolute atomic E-state index is 12.6. The fourth-order valence-electron chi connectivity index (χ4n) is 4.17. The highest BCUT2D eigenvalue weighted by Crippen LogP contribution is 2.48. The quantitative estimate of drug-likeness (QED) is 0.642. The topological polar surface area (TPSA) is 34.1 Å². The molecule has 4 heteroatoms. The predicted octanol–water partition coefficient (Wildman–Crippen LogP) is 3.19. The molecule has 0 bridgehead atoms. The molecular weight excluding hydrogens is 271 g/mol. The van der Waals surface area contributed by atoms with Crippen molar-refractivity contribution in [2.75, 3.05) is 0 Å². The van der Waals surface area contributed by atoms with Crippen LogP contribution in [0.3, 0.4) is 0 Å². The molecule has 3 fully saturated rings. The Balaban J connectivity index is 1.94. The summed E-state index contributed by atoms with van der Waals surface area (Å²) in [5.74, 6) is -0.278. The lowest BCUT2D eigenvalue weighted by Crippen LogP contribution is -2.55. The lowest BCUT2D eigenvalue weighted by molar-refractivity contribution is -0.150. The summed E-state index contributed by atoms with van der Waals surface area (Å²) < 4.78 is 0. The summed E-state index contributed by atoms with van der Waals surface area (Å²) in [6.07, 6.45) is 5.29. The predicted molar refractivity (Wildman–Crippen MR) is 71.0 cm³/mol. The molecule has 0 aromatic heterocycles. The van der Waals surface area contributed by atoms with Crippen LogP contribution in [0.1, 0.15) is 38.5 Å². The van der Waals surface area contributed by atoms with Gasteiger partial charge in [0.2, 0.25) is 0 Å². The molecule has 3 rings (SSSR count). The number of carbonyl (C=O) groups excluding carboxylic acids is 2. The Morgan fingerprint density at radius 1 is 0.722 bits per heavy atom. The molecule has 18 heavy (non-hydrogen) atoms. The third-order valence-corrected chi connectivity index (χ3v) is 6.00. The summed E-state index contributed by atoms with van der Waals surface area (Å²) >= 11 is 12.6. The average Bonchev–Trinajstić information content (AvgIpc) is 2.35. The van der Waals surface area contributed by atoms with Crippen molar-refractivity contribution in [1.29, 1.82) is 0 Å². The Morgan fingerprint density at radius 2 is 1.11 bits per heavy atom. The van der Waals surface area contributed by atoms with Gasteiger partial charge in [0.25, 0.3) is 0 Å². The monoisotopic (exact) mass is 288 g/mol. The molecule has 3 aliphatic carbocycles. The number of carbonyl (C=O) groups is 2. The molecule has 6 unspecified atom stereocenters. The third-order valence-electron chi connectivity index (χ3n) is 5.02. The fourth-order valence-corrected chi connectivity index (χ4v) is 5.08. The summed E-state index contributed by atoms with van der Waals surface area (Å²) in [6, 6.07) is 0. The van der Waals surface area contributed by atoms with E-state index in [4.69, 9.17) is 23.2 Å². The molecule has 0 spiro atoms. The molecule has 0 saturated heterocycles. The van der Waals surface area contributed by atoms with Crippen LogP contribution in [0.5, 0.6) is 0 Å². The minimum absolute atomic E-state index is 0.142. The van der Waals surface area contributed by atoms with Gasteiger partial charge >= 0.3 is 0 Å². The third kappa shape index (κ3) is 1.84. The van der Waals surface area contributed by atoms with Gasteiger partial charge in [-0.2, -0.15) is 0 Å². The van der Waals surface area contributed by atoms with Crippen molar-refractivity contribution in [3.8, 4) is 0 Å². The van der Waals surface area contributed by atoms with E-state index in [2.05, 4.69) is 0 Å². The molecule has 0 N–H and O–H groups in total. The second-order valence-electron chi connectivity index (χ2n) is 5.96. The summed E-state index contributed by atoms with van der Waals surface area (Å²) in [7, 11) is 0. The van der Waals surface area contributed by atoms with Gasteiger partial charge in [0, 0.05) is 34.4 Å². The van der Waals surface area contributed by atoms with Crippen molar-refractivity contribution in [3.05, 3.63) is 0 Å². The van der Waals surface area contributed by atoms with Crippen molar-refractivity contribution in [2.24, 2.45) is 23.7 Å². The minimum atomic E-state index is -0.226. The first-order valence-electron chi connectivity index (χ1n) is 6.97. The lowest BCUT2D eigenvalue weighted by Gasteiger charge is -2.46. The number of hydrogen-bond acceptors (Lipinski definition) is 2. The highest BCUT2D eigenvalue weighted by Gasteiger charge is 2.55. The van der Waals surface area contributed by atoms with E-state index in [1.807, 2.05) is 0 Å². The number of alkyl halides is 2. The molecule has 0 aromatic rings. The molecule has 0 aromatic carbocycles. The van der Waals surface area contributed by atoms with Gasteiger partial charge in [-0.15, -0.1) is 23.2 Å². The van der Waals surface area contributed by atoms with Crippen LogP contribution >= 0.6 is 23.2 Å². The Labute approximate surface area is 117 Å². The van der Waals surface area contributed by atoms with Crippen molar-refractivity contribution in [3.63, 3.8) is 0 Å². The maximum atomic E-state index is 12.6.